The summed E-state index contributed by atoms with van der Waals surface area (Å²) < 4.78 is 0. The maximum atomic E-state index is 10.6. The molecule has 0 spiro atoms. The van der Waals surface area contributed by atoms with Gasteiger partial charge < -0.3 is 5.11 Å². The standard InChI is InChI=1S/C12H18N2O/c1-13-8-12(15,9-14(2)10-13)11-6-4-3-5-7-11/h3-7,15H,8-10H2,1-2H3. The first-order chi connectivity index (χ1) is 7.10. The predicted octanol–water partition coefficient (Wildman–Crippen LogP) is 0.709. The molecular weight excluding hydrogens is 188 g/mol. The van der Waals surface area contributed by atoms with Crippen molar-refractivity contribution < 1.29 is 5.11 Å². The normalized spacial score (nSPS) is 22.9. The highest BCUT2D eigenvalue weighted by Gasteiger charge is 2.35. The van der Waals surface area contributed by atoms with E-state index in [2.05, 4.69) is 9.80 Å². The number of aliphatic hydroxyl groups is 1. The van der Waals surface area contributed by atoms with Crippen LogP contribution in [-0.4, -0.2) is 48.8 Å². The summed E-state index contributed by atoms with van der Waals surface area (Å²) in [7, 11) is 4.06. The summed E-state index contributed by atoms with van der Waals surface area (Å²) in [4.78, 5) is 4.27. The third kappa shape index (κ3) is 2.20. The molecule has 0 aromatic heterocycles. The van der Waals surface area contributed by atoms with Crippen LogP contribution in [0.2, 0.25) is 0 Å². The summed E-state index contributed by atoms with van der Waals surface area (Å²) in [6, 6.07) is 9.91. The smallest absolute Gasteiger partial charge is 0.115 e. The van der Waals surface area contributed by atoms with E-state index in [1.54, 1.807) is 0 Å². The minimum Gasteiger partial charge on any atom is -0.382 e. The first-order valence-corrected chi connectivity index (χ1v) is 5.25. The molecule has 1 aliphatic heterocycles. The van der Waals surface area contributed by atoms with E-state index in [9.17, 15) is 5.11 Å². The lowest BCUT2D eigenvalue weighted by Crippen LogP contribution is -2.55. The fourth-order valence-electron chi connectivity index (χ4n) is 2.39. The molecule has 0 saturated carbocycles. The van der Waals surface area contributed by atoms with E-state index < -0.39 is 5.60 Å². The van der Waals surface area contributed by atoms with E-state index in [-0.39, 0.29) is 0 Å². The van der Waals surface area contributed by atoms with Crippen LogP contribution in [0, 0.1) is 0 Å². The minimum absolute atomic E-state index is 0.696. The molecule has 3 heteroatoms. The Labute approximate surface area is 90.9 Å². The molecule has 1 saturated heterocycles. The fraction of sp³-hybridized carbons (Fsp3) is 0.500. The van der Waals surface area contributed by atoms with Crippen LogP contribution in [0.5, 0.6) is 0 Å². The van der Waals surface area contributed by atoms with Crippen LogP contribution in [0.15, 0.2) is 30.3 Å². The lowest BCUT2D eigenvalue weighted by atomic mass is 9.91. The Bertz CT molecular complexity index is 316. The van der Waals surface area contributed by atoms with Gasteiger partial charge in [0.1, 0.15) is 5.60 Å². The van der Waals surface area contributed by atoms with Crippen LogP contribution in [0.25, 0.3) is 0 Å². The van der Waals surface area contributed by atoms with Gasteiger partial charge in [-0.1, -0.05) is 30.3 Å². The maximum Gasteiger partial charge on any atom is 0.115 e. The van der Waals surface area contributed by atoms with Crippen LogP contribution in [0.1, 0.15) is 5.56 Å². The Morgan fingerprint density at radius 2 is 1.60 bits per heavy atom. The van der Waals surface area contributed by atoms with Crippen molar-refractivity contribution >= 4 is 0 Å². The zero-order valence-electron chi connectivity index (χ0n) is 9.35. The SMILES string of the molecule is CN1CN(C)CC(O)(c2ccccc2)C1. The van der Waals surface area contributed by atoms with Crippen molar-refractivity contribution in [3.05, 3.63) is 35.9 Å². The van der Waals surface area contributed by atoms with Crippen molar-refractivity contribution in [3.63, 3.8) is 0 Å². The zero-order chi connectivity index (χ0) is 10.9. The quantitative estimate of drug-likeness (QED) is 0.733. The number of hydrogen-bond acceptors (Lipinski definition) is 3. The number of nitrogens with zero attached hydrogens (tertiary/aromatic N) is 2. The van der Waals surface area contributed by atoms with Crippen molar-refractivity contribution in [2.24, 2.45) is 0 Å². The molecule has 0 unspecified atom stereocenters. The lowest BCUT2D eigenvalue weighted by molar-refractivity contribution is -0.0703. The summed E-state index contributed by atoms with van der Waals surface area (Å²) in [6.07, 6.45) is 0. The van der Waals surface area contributed by atoms with E-state index >= 15 is 0 Å². The Balaban J connectivity index is 2.26. The molecule has 1 N–H and O–H groups in total. The molecule has 82 valence electrons. The molecule has 15 heavy (non-hydrogen) atoms. The number of rotatable bonds is 1. The van der Waals surface area contributed by atoms with Gasteiger partial charge in [-0.25, -0.2) is 0 Å². The van der Waals surface area contributed by atoms with Crippen LogP contribution < -0.4 is 0 Å². The van der Waals surface area contributed by atoms with Gasteiger partial charge in [0.2, 0.25) is 0 Å². The van der Waals surface area contributed by atoms with Crippen LogP contribution in [0.3, 0.4) is 0 Å². The highest BCUT2D eigenvalue weighted by molar-refractivity contribution is 5.23. The monoisotopic (exact) mass is 206 g/mol. The van der Waals surface area contributed by atoms with Gasteiger partial charge in [0, 0.05) is 13.1 Å². The molecular formula is C12H18N2O. The van der Waals surface area contributed by atoms with Crippen molar-refractivity contribution in [1.29, 1.82) is 0 Å². The molecule has 1 aromatic rings. The van der Waals surface area contributed by atoms with E-state index in [0.717, 1.165) is 12.2 Å². The average Bonchev–Trinajstić information content (AvgIpc) is 2.17. The molecule has 2 rings (SSSR count). The molecule has 0 atom stereocenters. The third-order valence-corrected chi connectivity index (χ3v) is 2.86. The Morgan fingerprint density at radius 1 is 1.07 bits per heavy atom. The number of likely N-dealkylation sites (N-methyl/N-ethyl adjacent to an activating group) is 2. The van der Waals surface area contributed by atoms with E-state index in [4.69, 9.17) is 0 Å². The van der Waals surface area contributed by atoms with Crippen molar-refractivity contribution in [1.82, 2.24) is 9.80 Å². The Kier molecular flexibility index (Phi) is 2.78. The van der Waals surface area contributed by atoms with Gasteiger partial charge >= 0.3 is 0 Å². The fourth-order valence-corrected chi connectivity index (χ4v) is 2.39. The van der Waals surface area contributed by atoms with Crippen molar-refractivity contribution in [2.75, 3.05) is 33.9 Å². The van der Waals surface area contributed by atoms with Gasteiger partial charge in [-0.3, -0.25) is 9.80 Å². The molecule has 3 nitrogen and oxygen atoms in total. The zero-order valence-corrected chi connectivity index (χ0v) is 9.35. The summed E-state index contributed by atoms with van der Waals surface area (Å²) in [5.74, 6) is 0. The van der Waals surface area contributed by atoms with Gasteiger partial charge in [0.05, 0.1) is 6.67 Å². The summed E-state index contributed by atoms with van der Waals surface area (Å²) in [5, 5.41) is 10.6. The van der Waals surface area contributed by atoms with Crippen LogP contribution in [0.4, 0.5) is 0 Å². The van der Waals surface area contributed by atoms with Gasteiger partial charge in [-0.05, 0) is 19.7 Å². The summed E-state index contributed by atoms with van der Waals surface area (Å²) >= 11 is 0. The maximum absolute atomic E-state index is 10.6. The molecule has 1 aliphatic rings. The highest BCUT2D eigenvalue weighted by atomic mass is 16.3. The van der Waals surface area contributed by atoms with E-state index in [1.807, 2.05) is 44.4 Å². The number of β-amino-alcohol motifs (C(OH)–C–C–N with tert-alkyl or cyclic N) is 1. The number of benzene rings is 1. The largest absolute Gasteiger partial charge is 0.382 e. The molecule has 0 aliphatic carbocycles. The van der Waals surface area contributed by atoms with E-state index in [1.165, 1.54) is 0 Å². The molecule has 0 amide bonds. The Hall–Kier alpha value is -0.900. The topological polar surface area (TPSA) is 26.7 Å². The number of hydrogen-bond donors (Lipinski definition) is 1. The van der Waals surface area contributed by atoms with Gasteiger partial charge in [0.15, 0.2) is 0 Å². The molecule has 1 fully saturated rings. The second-order valence-corrected chi connectivity index (χ2v) is 4.57. The minimum atomic E-state index is -0.733. The van der Waals surface area contributed by atoms with E-state index in [0.29, 0.717) is 13.1 Å². The molecule has 1 heterocycles. The second kappa shape index (κ2) is 3.93. The molecule has 0 bridgehead atoms. The van der Waals surface area contributed by atoms with Gasteiger partial charge in [0.25, 0.3) is 0 Å². The second-order valence-electron chi connectivity index (χ2n) is 4.57. The summed E-state index contributed by atoms with van der Waals surface area (Å²) in [5.41, 5.74) is 0.270. The van der Waals surface area contributed by atoms with Crippen LogP contribution in [-0.2, 0) is 5.60 Å². The van der Waals surface area contributed by atoms with Crippen molar-refractivity contribution in [3.8, 4) is 0 Å². The third-order valence-electron chi connectivity index (χ3n) is 2.86. The highest BCUT2D eigenvalue weighted by Crippen LogP contribution is 2.25. The Morgan fingerprint density at radius 3 is 2.13 bits per heavy atom. The first-order valence-electron chi connectivity index (χ1n) is 5.25. The van der Waals surface area contributed by atoms with Gasteiger partial charge in [-0.15, -0.1) is 0 Å². The lowest BCUT2D eigenvalue weighted by Gasteiger charge is -2.42. The van der Waals surface area contributed by atoms with Crippen LogP contribution >= 0.6 is 0 Å². The van der Waals surface area contributed by atoms with Crippen molar-refractivity contribution in [2.45, 2.75) is 5.60 Å². The first kappa shape index (κ1) is 10.6. The van der Waals surface area contributed by atoms with Gasteiger partial charge in [-0.2, -0.15) is 0 Å². The summed E-state index contributed by atoms with van der Waals surface area (Å²) in [6.45, 7) is 2.30. The molecule has 0 radical (unpaired) electrons. The molecule has 1 aromatic carbocycles. The predicted molar refractivity (Wildman–Crippen MR) is 60.5 cm³/mol. The average molecular weight is 206 g/mol.